The summed E-state index contributed by atoms with van der Waals surface area (Å²) in [5.41, 5.74) is 0. The van der Waals surface area contributed by atoms with Crippen LogP contribution in [0.2, 0.25) is 0 Å². The molecule has 0 aliphatic carbocycles. The number of methoxy groups -OCH3 is 1. The van der Waals surface area contributed by atoms with E-state index in [0.29, 0.717) is 0 Å². The average Bonchev–Trinajstić information content (AvgIpc) is 2.29. The molecular formula is C12H19NO2. The number of rotatable bonds is 6. The summed E-state index contributed by atoms with van der Waals surface area (Å²) in [5.74, 6) is 1.74. The summed E-state index contributed by atoms with van der Waals surface area (Å²) in [6.07, 6.45) is 1.22. The molecule has 1 aromatic rings. The zero-order valence-electron chi connectivity index (χ0n) is 9.62. The number of hydrogen-bond acceptors (Lipinski definition) is 3. The van der Waals surface area contributed by atoms with E-state index in [2.05, 4.69) is 12.2 Å². The lowest BCUT2D eigenvalue weighted by Gasteiger charge is -2.17. The van der Waals surface area contributed by atoms with Crippen LogP contribution in [0, 0.1) is 0 Å². The molecule has 84 valence electrons. The molecule has 0 fully saturated rings. The van der Waals surface area contributed by atoms with Crippen LogP contribution in [-0.4, -0.2) is 26.8 Å². The van der Waals surface area contributed by atoms with Gasteiger partial charge in [-0.1, -0.05) is 6.92 Å². The molecule has 1 unspecified atom stereocenters. The first-order valence-electron chi connectivity index (χ1n) is 5.25. The van der Waals surface area contributed by atoms with Gasteiger partial charge in [-0.05, 0) is 37.7 Å². The van der Waals surface area contributed by atoms with E-state index in [0.717, 1.165) is 24.5 Å². The maximum absolute atomic E-state index is 5.79. The van der Waals surface area contributed by atoms with E-state index in [9.17, 15) is 0 Å². The van der Waals surface area contributed by atoms with Crippen LogP contribution in [0.25, 0.3) is 0 Å². The standard InChI is InChI=1S/C12H19NO2/c1-4-10(9-13-2)15-12-7-5-11(14-3)6-8-12/h5-8,10,13H,4,9H2,1-3H3. The van der Waals surface area contributed by atoms with Crippen LogP contribution in [0.4, 0.5) is 0 Å². The van der Waals surface area contributed by atoms with Gasteiger partial charge in [0, 0.05) is 6.54 Å². The van der Waals surface area contributed by atoms with Gasteiger partial charge in [0.1, 0.15) is 17.6 Å². The first kappa shape index (κ1) is 11.9. The third-order valence-corrected chi connectivity index (χ3v) is 2.25. The minimum atomic E-state index is 0.225. The van der Waals surface area contributed by atoms with E-state index < -0.39 is 0 Å². The molecule has 0 heterocycles. The number of likely N-dealkylation sites (N-methyl/N-ethyl adjacent to an activating group) is 1. The fourth-order valence-electron chi connectivity index (χ4n) is 1.34. The van der Waals surface area contributed by atoms with Crippen LogP contribution in [0.1, 0.15) is 13.3 Å². The van der Waals surface area contributed by atoms with E-state index >= 15 is 0 Å². The zero-order valence-corrected chi connectivity index (χ0v) is 9.62. The van der Waals surface area contributed by atoms with Crippen LogP contribution in [0.3, 0.4) is 0 Å². The molecule has 0 bridgehead atoms. The number of hydrogen-bond donors (Lipinski definition) is 1. The summed E-state index contributed by atoms with van der Waals surface area (Å²) in [6.45, 7) is 2.98. The predicted octanol–water partition coefficient (Wildman–Crippen LogP) is 2.07. The molecule has 1 atom stereocenters. The summed E-state index contributed by atoms with van der Waals surface area (Å²) in [4.78, 5) is 0. The predicted molar refractivity (Wildman–Crippen MR) is 61.6 cm³/mol. The Balaban J connectivity index is 2.55. The van der Waals surface area contributed by atoms with Gasteiger partial charge in [0.15, 0.2) is 0 Å². The Hall–Kier alpha value is -1.22. The van der Waals surface area contributed by atoms with Crippen molar-refractivity contribution in [3.05, 3.63) is 24.3 Å². The fourth-order valence-corrected chi connectivity index (χ4v) is 1.34. The van der Waals surface area contributed by atoms with Crippen molar-refractivity contribution < 1.29 is 9.47 Å². The Morgan fingerprint density at radius 3 is 2.27 bits per heavy atom. The zero-order chi connectivity index (χ0) is 11.1. The largest absolute Gasteiger partial charge is 0.497 e. The topological polar surface area (TPSA) is 30.5 Å². The molecule has 1 aromatic carbocycles. The number of nitrogens with one attached hydrogen (secondary N) is 1. The van der Waals surface area contributed by atoms with Gasteiger partial charge in [0.25, 0.3) is 0 Å². The van der Waals surface area contributed by atoms with Gasteiger partial charge in [0.2, 0.25) is 0 Å². The van der Waals surface area contributed by atoms with Gasteiger partial charge in [-0.25, -0.2) is 0 Å². The monoisotopic (exact) mass is 209 g/mol. The van der Waals surface area contributed by atoms with E-state index in [-0.39, 0.29) is 6.10 Å². The maximum Gasteiger partial charge on any atom is 0.120 e. The highest BCUT2D eigenvalue weighted by Crippen LogP contribution is 2.18. The first-order chi connectivity index (χ1) is 7.30. The summed E-state index contributed by atoms with van der Waals surface area (Å²) in [7, 11) is 3.59. The second kappa shape index (κ2) is 6.30. The Bertz CT molecular complexity index is 271. The number of benzene rings is 1. The van der Waals surface area contributed by atoms with Gasteiger partial charge in [-0.15, -0.1) is 0 Å². The van der Waals surface area contributed by atoms with Crippen molar-refractivity contribution in [1.82, 2.24) is 5.32 Å². The van der Waals surface area contributed by atoms with Crippen molar-refractivity contribution in [2.75, 3.05) is 20.7 Å². The van der Waals surface area contributed by atoms with Crippen molar-refractivity contribution in [3.8, 4) is 11.5 Å². The van der Waals surface area contributed by atoms with E-state index in [1.54, 1.807) is 7.11 Å². The molecule has 0 amide bonds. The molecule has 0 saturated heterocycles. The van der Waals surface area contributed by atoms with Crippen molar-refractivity contribution in [2.24, 2.45) is 0 Å². The third kappa shape index (κ3) is 3.80. The summed E-state index contributed by atoms with van der Waals surface area (Å²) >= 11 is 0. The lowest BCUT2D eigenvalue weighted by atomic mass is 10.2. The lowest BCUT2D eigenvalue weighted by molar-refractivity contribution is 0.196. The maximum atomic E-state index is 5.79. The molecule has 1 N–H and O–H groups in total. The van der Waals surface area contributed by atoms with Gasteiger partial charge in [-0.2, -0.15) is 0 Å². The molecule has 0 aliphatic heterocycles. The van der Waals surface area contributed by atoms with Gasteiger partial charge >= 0.3 is 0 Å². The molecule has 3 heteroatoms. The van der Waals surface area contributed by atoms with Crippen LogP contribution in [0.5, 0.6) is 11.5 Å². The molecule has 1 rings (SSSR count). The second-order valence-corrected chi connectivity index (χ2v) is 3.38. The highest BCUT2D eigenvalue weighted by Gasteiger charge is 2.06. The Morgan fingerprint density at radius 1 is 1.20 bits per heavy atom. The Kier molecular flexibility index (Phi) is 4.98. The fraction of sp³-hybridized carbons (Fsp3) is 0.500. The molecule has 0 aliphatic rings. The normalized spacial score (nSPS) is 12.2. The van der Waals surface area contributed by atoms with Crippen molar-refractivity contribution in [3.63, 3.8) is 0 Å². The van der Waals surface area contributed by atoms with Crippen LogP contribution in [-0.2, 0) is 0 Å². The van der Waals surface area contributed by atoms with Crippen molar-refractivity contribution >= 4 is 0 Å². The molecular weight excluding hydrogens is 190 g/mol. The minimum absolute atomic E-state index is 0.225. The van der Waals surface area contributed by atoms with Gasteiger partial charge in [-0.3, -0.25) is 0 Å². The van der Waals surface area contributed by atoms with Gasteiger partial charge in [0.05, 0.1) is 7.11 Å². The average molecular weight is 209 g/mol. The summed E-state index contributed by atoms with van der Waals surface area (Å²) in [5, 5.41) is 3.11. The van der Waals surface area contributed by atoms with Crippen LogP contribution in [0.15, 0.2) is 24.3 Å². The molecule has 0 radical (unpaired) electrons. The van der Waals surface area contributed by atoms with Crippen LogP contribution >= 0.6 is 0 Å². The van der Waals surface area contributed by atoms with Crippen molar-refractivity contribution in [1.29, 1.82) is 0 Å². The second-order valence-electron chi connectivity index (χ2n) is 3.38. The molecule has 0 aromatic heterocycles. The molecule has 0 spiro atoms. The lowest BCUT2D eigenvalue weighted by Crippen LogP contribution is -2.28. The van der Waals surface area contributed by atoms with Gasteiger partial charge < -0.3 is 14.8 Å². The Morgan fingerprint density at radius 2 is 1.80 bits per heavy atom. The van der Waals surface area contributed by atoms with Crippen molar-refractivity contribution in [2.45, 2.75) is 19.4 Å². The molecule has 3 nitrogen and oxygen atoms in total. The van der Waals surface area contributed by atoms with E-state index in [4.69, 9.17) is 9.47 Å². The molecule has 0 saturated carbocycles. The number of ether oxygens (including phenoxy) is 2. The Labute approximate surface area is 91.4 Å². The first-order valence-corrected chi connectivity index (χ1v) is 5.25. The smallest absolute Gasteiger partial charge is 0.120 e. The van der Waals surface area contributed by atoms with E-state index in [1.165, 1.54) is 0 Å². The quantitative estimate of drug-likeness (QED) is 0.778. The highest BCUT2D eigenvalue weighted by molar-refractivity contribution is 5.31. The summed E-state index contributed by atoms with van der Waals surface area (Å²) < 4.78 is 10.9. The molecule has 15 heavy (non-hydrogen) atoms. The van der Waals surface area contributed by atoms with E-state index in [1.807, 2.05) is 31.3 Å². The minimum Gasteiger partial charge on any atom is -0.497 e. The third-order valence-electron chi connectivity index (χ3n) is 2.25. The SMILES string of the molecule is CCC(CNC)Oc1ccc(OC)cc1. The summed E-state index contributed by atoms with van der Waals surface area (Å²) in [6, 6.07) is 7.66. The van der Waals surface area contributed by atoms with Crippen LogP contribution < -0.4 is 14.8 Å². The highest BCUT2D eigenvalue weighted by atomic mass is 16.5.